The fourth-order valence-electron chi connectivity index (χ4n) is 4.20. The van der Waals surface area contributed by atoms with Gasteiger partial charge in [0.2, 0.25) is 5.95 Å². The Morgan fingerprint density at radius 2 is 1.73 bits per heavy atom. The average molecular weight is 397 g/mol. The van der Waals surface area contributed by atoms with E-state index in [2.05, 4.69) is 20.4 Å². The third-order valence-electron chi connectivity index (χ3n) is 5.52. The molecule has 0 saturated carbocycles. The van der Waals surface area contributed by atoms with Crippen LogP contribution in [0.1, 0.15) is 28.8 Å². The minimum atomic E-state index is -0.363. The Labute approximate surface area is 171 Å². The van der Waals surface area contributed by atoms with E-state index in [1.807, 2.05) is 41.1 Å². The van der Waals surface area contributed by atoms with E-state index in [0.29, 0.717) is 5.95 Å². The van der Waals surface area contributed by atoms with Crippen LogP contribution in [0.2, 0.25) is 0 Å². The van der Waals surface area contributed by atoms with Crippen molar-refractivity contribution in [3.63, 3.8) is 0 Å². The molecule has 7 heteroatoms. The van der Waals surface area contributed by atoms with Gasteiger partial charge in [0.25, 0.3) is 0 Å². The molecule has 0 spiro atoms. The molecule has 4 aromatic rings. The van der Waals surface area contributed by atoms with Crippen molar-refractivity contribution in [3.8, 4) is 5.75 Å². The lowest BCUT2D eigenvalue weighted by molar-refractivity contribution is 0.223. The summed E-state index contributed by atoms with van der Waals surface area (Å²) in [6.45, 7) is 0. The van der Waals surface area contributed by atoms with E-state index in [-0.39, 0.29) is 18.0 Å². The second kappa shape index (κ2) is 6.52. The van der Waals surface area contributed by atoms with Gasteiger partial charge in [0, 0.05) is 23.5 Å². The third kappa shape index (κ3) is 2.52. The van der Waals surface area contributed by atoms with E-state index in [1.54, 1.807) is 24.5 Å². The van der Waals surface area contributed by atoms with Gasteiger partial charge in [-0.15, -0.1) is 0 Å². The number of hydrogen-bond donors (Lipinski definition) is 1. The molecule has 2 aromatic heterocycles. The molecule has 0 aliphatic carbocycles. The molecular weight excluding hydrogens is 381 g/mol. The van der Waals surface area contributed by atoms with E-state index in [4.69, 9.17) is 4.74 Å². The Kier molecular flexibility index (Phi) is 3.67. The Morgan fingerprint density at radius 1 is 0.933 bits per heavy atom. The Bertz CT molecular complexity index is 1270. The first kappa shape index (κ1) is 16.9. The quantitative estimate of drug-likeness (QED) is 0.544. The highest BCUT2D eigenvalue weighted by Gasteiger charge is 2.40. The molecule has 0 saturated heterocycles. The van der Waals surface area contributed by atoms with Crippen molar-refractivity contribution in [2.24, 2.45) is 0 Å². The molecule has 6 nitrogen and oxygen atoms in total. The number of halogens is 1. The summed E-state index contributed by atoms with van der Waals surface area (Å²) in [6.07, 6.45) is 4.66. The number of benzene rings is 2. The van der Waals surface area contributed by atoms with Crippen LogP contribution in [-0.2, 0) is 0 Å². The van der Waals surface area contributed by atoms with Gasteiger partial charge in [-0.25, -0.2) is 9.07 Å². The van der Waals surface area contributed by atoms with Crippen LogP contribution >= 0.6 is 0 Å². The summed E-state index contributed by atoms with van der Waals surface area (Å²) in [4.78, 5) is 8.54. The number of rotatable bonds is 2. The molecule has 6 rings (SSSR count). The van der Waals surface area contributed by atoms with E-state index in [1.165, 1.54) is 18.5 Å². The molecule has 1 N–H and O–H groups in total. The lowest BCUT2D eigenvalue weighted by Crippen LogP contribution is -2.32. The highest BCUT2D eigenvalue weighted by molar-refractivity contribution is 5.85. The normalized spacial score (nSPS) is 19.2. The average Bonchev–Trinajstić information content (AvgIpc) is 3.27. The van der Waals surface area contributed by atoms with Crippen LogP contribution in [-0.4, -0.2) is 19.7 Å². The molecule has 4 heterocycles. The Balaban J connectivity index is 1.63. The van der Waals surface area contributed by atoms with Gasteiger partial charge in [-0.3, -0.25) is 4.98 Å². The maximum absolute atomic E-state index is 13.7. The molecule has 0 unspecified atom stereocenters. The molecule has 30 heavy (non-hydrogen) atoms. The van der Waals surface area contributed by atoms with E-state index in [9.17, 15) is 4.39 Å². The smallest absolute Gasteiger partial charge is 0.226 e. The maximum Gasteiger partial charge on any atom is 0.226 e. The SMILES string of the molecule is Fc1ccc([C@H]2C3=C(Nc4ncnn42)c2ccccc2O[C@H]3c2ccncc2)cc1. The van der Waals surface area contributed by atoms with Crippen molar-refractivity contribution < 1.29 is 9.13 Å². The number of hydrogen-bond acceptors (Lipinski definition) is 5. The number of nitrogens with one attached hydrogen (secondary N) is 1. The molecule has 2 aliphatic heterocycles. The van der Waals surface area contributed by atoms with Crippen molar-refractivity contribution in [2.75, 3.05) is 5.32 Å². The first-order chi connectivity index (χ1) is 14.8. The van der Waals surface area contributed by atoms with Gasteiger partial charge in [-0.05, 0) is 47.5 Å². The van der Waals surface area contributed by atoms with Crippen molar-refractivity contribution >= 4 is 11.6 Å². The van der Waals surface area contributed by atoms with Crippen LogP contribution in [0, 0.1) is 5.82 Å². The predicted molar refractivity (Wildman–Crippen MR) is 109 cm³/mol. The van der Waals surface area contributed by atoms with Crippen LogP contribution in [0.25, 0.3) is 5.70 Å². The molecule has 2 atom stereocenters. The van der Waals surface area contributed by atoms with Crippen molar-refractivity contribution in [1.82, 2.24) is 19.7 Å². The number of nitrogens with zero attached hydrogens (tertiary/aromatic N) is 4. The zero-order valence-corrected chi connectivity index (χ0v) is 15.7. The topological polar surface area (TPSA) is 64.9 Å². The summed E-state index contributed by atoms with van der Waals surface area (Å²) in [5.41, 5.74) is 4.76. The number of anilines is 1. The highest BCUT2D eigenvalue weighted by Crippen LogP contribution is 2.50. The Hall–Kier alpha value is -4.00. The van der Waals surface area contributed by atoms with Crippen LogP contribution in [0.15, 0.2) is 85.0 Å². The van der Waals surface area contributed by atoms with Crippen LogP contribution in [0.3, 0.4) is 0 Å². The van der Waals surface area contributed by atoms with Gasteiger partial charge in [-0.2, -0.15) is 10.1 Å². The van der Waals surface area contributed by atoms with Gasteiger partial charge in [-0.1, -0.05) is 24.3 Å². The predicted octanol–water partition coefficient (Wildman–Crippen LogP) is 4.37. The number of aromatic nitrogens is 4. The second-order valence-corrected chi connectivity index (χ2v) is 7.21. The maximum atomic E-state index is 13.7. The van der Waals surface area contributed by atoms with E-state index < -0.39 is 0 Å². The molecule has 2 aromatic carbocycles. The minimum absolute atomic E-state index is 0.281. The summed E-state index contributed by atoms with van der Waals surface area (Å²) in [6, 6.07) is 18.0. The second-order valence-electron chi connectivity index (χ2n) is 7.21. The van der Waals surface area contributed by atoms with Crippen molar-refractivity contribution in [1.29, 1.82) is 0 Å². The van der Waals surface area contributed by atoms with E-state index >= 15 is 0 Å². The Morgan fingerprint density at radius 3 is 2.57 bits per heavy atom. The largest absolute Gasteiger partial charge is 0.480 e. The minimum Gasteiger partial charge on any atom is -0.480 e. The number of pyridine rings is 1. The van der Waals surface area contributed by atoms with Crippen LogP contribution in [0.4, 0.5) is 10.3 Å². The fraction of sp³-hybridized carbons (Fsp3) is 0.0870. The summed E-state index contributed by atoms with van der Waals surface area (Å²) < 4.78 is 22.0. The lowest BCUT2D eigenvalue weighted by Gasteiger charge is -2.38. The van der Waals surface area contributed by atoms with Crippen molar-refractivity contribution in [3.05, 3.63) is 107 Å². The molecule has 0 radical (unpaired) electrons. The first-order valence-electron chi connectivity index (χ1n) is 9.61. The molecule has 146 valence electrons. The van der Waals surface area contributed by atoms with Crippen LogP contribution in [0.5, 0.6) is 5.75 Å². The summed E-state index contributed by atoms with van der Waals surface area (Å²) in [7, 11) is 0. The molecule has 0 bridgehead atoms. The highest BCUT2D eigenvalue weighted by atomic mass is 19.1. The van der Waals surface area contributed by atoms with Crippen molar-refractivity contribution in [2.45, 2.75) is 12.1 Å². The van der Waals surface area contributed by atoms with Gasteiger partial charge >= 0.3 is 0 Å². The molecular formula is C23H16FN5O. The van der Waals surface area contributed by atoms with E-state index in [0.717, 1.165) is 33.7 Å². The lowest BCUT2D eigenvalue weighted by atomic mass is 9.85. The summed E-state index contributed by atoms with van der Waals surface area (Å²) in [5, 5.41) is 7.90. The summed E-state index contributed by atoms with van der Waals surface area (Å²) in [5.74, 6) is 1.14. The molecule has 0 fully saturated rings. The van der Waals surface area contributed by atoms with Crippen LogP contribution < -0.4 is 10.1 Å². The molecule has 0 amide bonds. The van der Waals surface area contributed by atoms with Gasteiger partial charge in [0.05, 0.1) is 5.70 Å². The third-order valence-corrected chi connectivity index (χ3v) is 5.52. The summed E-state index contributed by atoms with van der Waals surface area (Å²) >= 11 is 0. The first-order valence-corrected chi connectivity index (χ1v) is 9.61. The monoisotopic (exact) mass is 397 g/mol. The fourth-order valence-corrected chi connectivity index (χ4v) is 4.20. The molecule has 2 aliphatic rings. The van der Waals surface area contributed by atoms with Gasteiger partial charge < -0.3 is 10.1 Å². The van der Waals surface area contributed by atoms with Gasteiger partial charge in [0.15, 0.2) is 0 Å². The number of para-hydroxylation sites is 1. The van der Waals surface area contributed by atoms with Gasteiger partial charge in [0.1, 0.15) is 30.0 Å². The number of fused-ring (bicyclic) bond motifs is 3. The number of ether oxygens (including phenoxy) is 1. The zero-order chi connectivity index (χ0) is 20.1. The standard InChI is InChI=1S/C23H16FN5O/c24-16-7-5-14(6-8-16)21-19-20(28-23-26-13-27-29(21)23)17-3-1-2-4-18(17)30-22(19)15-9-11-25-12-10-15/h1-13,21-22H,(H,26,27,28)/t21-,22-/m0/s1. The zero-order valence-electron chi connectivity index (χ0n) is 15.7.